The van der Waals surface area contributed by atoms with Gasteiger partial charge in [-0.1, -0.05) is 140 Å². The highest BCUT2D eigenvalue weighted by Crippen LogP contribution is 2.46. The fourth-order valence-corrected chi connectivity index (χ4v) is 8.17. The molecule has 3 nitrogen and oxygen atoms in total. The summed E-state index contributed by atoms with van der Waals surface area (Å²) in [6.45, 7) is 0. The maximum absolute atomic E-state index is 6.66. The first-order chi connectivity index (χ1) is 27.2. The summed E-state index contributed by atoms with van der Waals surface area (Å²) in [6.07, 6.45) is 0. The summed E-state index contributed by atoms with van der Waals surface area (Å²) in [5.74, 6) is 0. The van der Waals surface area contributed by atoms with E-state index in [0.717, 1.165) is 77.6 Å². The number of hydrogen-bond acceptors (Lipinski definition) is 3. The molecule has 0 radical (unpaired) electrons. The number of para-hydroxylation sites is 4. The van der Waals surface area contributed by atoms with Crippen molar-refractivity contribution in [3.05, 3.63) is 200 Å². The molecule has 9 aromatic carbocycles. The summed E-state index contributed by atoms with van der Waals surface area (Å²) < 4.78 is 13.0. The van der Waals surface area contributed by atoms with Crippen molar-refractivity contribution in [2.75, 3.05) is 4.90 Å². The van der Waals surface area contributed by atoms with E-state index in [1.54, 1.807) is 0 Å². The molecule has 0 aliphatic carbocycles. The minimum atomic E-state index is 0.846. The fourth-order valence-electron chi connectivity index (χ4n) is 8.17. The molecule has 0 amide bonds. The lowest BCUT2D eigenvalue weighted by Gasteiger charge is -2.28. The molecule has 0 aliphatic rings. The number of benzene rings is 9. The molecule has 0 bridgehead atoms. The van der Waals surface area contributed by atoms with Gasteiger partial charge < -0.3 is 13.7 Å². The Kier molecular flexibility index (Phi) is 7.17. The number of rotatable bonds is 6. The molecule has 0 fully saturated rings. The highest BCUT2D eigenvalue weighted by molar-refractivity contribution is 6.11. The highest BCUT2D eigenvalue weighted by atomic mass is 16.3. The van der Waals surface area contributed by atoms with E-state index in [9.17, 15) is 0 Å². The van der Waals surface area contributed by atoms with Gasteiger partial charge in [-0.15, -0.1) is 0 Å². The average Bonchev–Trinajstić information content (AvgIpc) is 3.83. The van der Waals surface area contributed by atoms with Crippen LogP contribution in [-0.4, -0.2) is 0 Å². The van der Waals surface area contributed by atoms with Crippen LogP contribution in [0.2, 0.25) is 0 Å². The predicted octanol–water partition coefficient (Wildman–Crippen LogP) is 15.1. The maximum atomic E-state index is 6.66. The average molecular weight is 704 g/mol. The number of fused-ring (bicyclic) bond motifs is 7. The zero-order valence-corrected chi connectivity index (χ0v) is 29.8. The van der Waals surface area contributed by atoms with E-state index in [0.29, 0.717) is 0 Å². The Bertz CT molecular complexity index is 3220. The second-order valence-corrected chi connectivity index (χ2v) is 14.1. The van der Waals surface area contributed by atoms with Gasteiger partial charge in [0.05, 0.1) is 11.4 Å². The van der Waals surface area contributed by atoms with Crippen LogP contribution in [0.4, 0.5) is 17.1 Å². The number of nitrogens with zero attached hydrogens (tertiary/aromatic N) is 1. The summed E-state index contributed by atoms with van der Waals surface area (Å²) in [7, 11) is 0. The van der Waals surface area contributed by atoms with Crippen molar-refractivity contribution in [3.8, 4) is 33.4 Å². The molecular weight excluding hydrogens is 671 g/mol. The fraction of sp³-hybridized carbons (Fsp3) is 0. The van der Waals surface area contributed by atoms with Crippen LogP contribution < -0.4 is 4.90 Å². The molecule has 0 saturated heterocycles. The van der Waals surface area contributed by atoms with Crippen molar-refractivity contribution in [1.29, 1.82) is 0 Å². The van der Waals surface area contributed by atoms with Gasteiger partial charge in [0, 0.05) is 32.8 Å². The molecule has 11 aromatic rings. The monoisotopic (exact) mass is 703 g/mol. The van der Waals surface area contributed by atoms with Crippen molar-refractivity contribution in [1.82, 2.24) is 0 Å². The number of hydrogen-bond donors (Lipinski definition) is 0. The van der Waals surface area contributed by atoms with Gasteiger partial charge in [-0.25, -0.2) is 0 Å². The molecule has 0 saturated carbocycles. The van der Waals surface area contributed by atoms with Crippen LogP contribution in [0, 0.1) is 0 Å². The van der Waals surface area contributed by atoms with Gasteiger partial charge in [0.25, 0.3) is 0 Å². The minimum Gasteiger partial charge on any atom is -0.456 e. The van der Waals surface area contributed by atoms with E-state index in [1.807, 2.05) is 24.3 Å². The third kappa shape index (κ3) is 5.28. The molecule has 0 aliphatic heterocycles. The van der Waals surface area contributed by atoms with Crippen molar-refractivity contribution < 1.29 is 8.83 Å². The van der Waals surface area contributed by atoms with Crippen molar-refractivity contribution >= 4 is 71.7 Å². The lowest BCUT2D eigenvalue weighted by molar-refractivity contribution is 0.668. The lowest BCUT2D eigenvalue weighted by atomic mass is 9.97. The topological polar surface area (TPSA) is 29.5 Å². The van der Waals surface area contributed by atoms with Crippen LogP contribution >= 0.6 is 0 Å². The largest absolute Gasteiger partial charge is 0.456 e. The lowest BCUT2D eigenvalue weighted by Crippen LogP contribution is -2.11. The second kappa shape index (κ2) is 12.6. The molecule has 0 atom stereocenters. The molecular formula is C52H33NO2. The highest BCUT2D eigenvalue weighted by Gasteiger charge is 2.22. The summed E-state index contributed by atoms with van der Waals surface area (Å²) in [6, 6.07) is 71.0. The Morgan fingerprint density at radius 3 is 1.75 bits per heavy atom. The summed E-state index contributed by atoms with van der Waals surface area (Å²) in [5.41, 5.74) is 13.4. The van der Waals surface area contributed by atoms with Crippen LogP contribution in [0.1, 0.15) is 0 Å². The Hall–Kier alpha value is -7.36. The van der Waals surface area contributed by atoms with Gasteiger partial charge in [0.1, 0.15) is 16.7 Å². The first kappa shape index (κ1) is 31.2. The molecule has 2 heterocycles. The van der Waals surface area contributed by atoms with Crippen molar-refractivity contribution in [3.63, 3.8) is 0 Å². The Morgan fingerprint density at radius 2 is 0.891 bits per heavy atom. The first-order valence-electron chi connectivity index (χ1n) is 18.7. The van der Waals surface area contributed by atoms with Gasteiger partial charge >= 0.3 is 0 Å². The van der Waals surface area contributed by atoms with Crippen LogP contribution in [0.15, 0.2) is 209 Å². The Morgan fingerprint density at radius 1 is 0.309 bits per heavy atom. The van der Waals surface area contributed by atoms with Crippen molar-refractivity contribution in [2.45, 2.75) is 0 Å². The van der Waals surface area contributed by atoms with Gasteiger partial charge in [-0.05, 0) is 99.3 Å². The maximum Gasteiger partial charge on any atom is 0.159 e. The standard InChI is InChI=1S/C52H33NO2/c1-2-12-36-32-39(24-23-34(36)11-1)38-14-9-13-37(31-38)35-25-28-41(29-26-35)53(48-20-10-18-46-44-17-5-8-22-50(44)55-52(46)48)47-19-6-3-15-42(47)40-27-30-45-43-16-4-7-21-49(43)54-51(45)33-40/h1-33H. The van der Waals surface area contributed by atoms with Crippen LogP contribution in [0.5, 0.6) is 0 Å². The second-order valence-electron chi connectivity index (χ2n) is 14.1. The van der Waals surface area contributed by atoms with E-state index in [-0.39, 0.29) is 0 Å². The predicted molar refractivity (Wildman–Crippen MR) is 229 cm³/mol. The Labute approximate surface area is 317 Å². The van der Waals surface area contributed by atoms with Gasteiger partial charge in [0.15, 0.2) is 5.58 Å². The third-order valence-corrected chi connectivity index (χ3v) is 10.9. The van der Waals surface area contributed by atoms with E-state index >= 15 is 0 Å². The normalized spacial score (nSPS) is 11.6. The van der Waals surface area contributed by atoms with Gasteiger partial charge in [-0.2, -0.15) is 0 Å². The number of furan rings is 2. The van der Waals surface area contributed by atoms with Crippen LogP contribution in [0.25, 0.3) is 88.0 Å². The SMILES string of the molecule is c1cc(-c2ccc(N(c3ccccc3-c3ccc4c(c3)oc3ccccc34)c3cccc4c3oc3ccccc34)cc2)cc(-c2ccc3ccccc3c2)c1. The zero-order valence-electron chi connectivity index (χ0n) is 29.8. The smallest absolute Gasteiger partial charge is 0.159 e. The molecule has 258 valence electrons. The zero-order chi connectivity index (χ0) is 36.3. The summed E-state index contributed by atoms with van der Waals surface area (Å²) in [4.78, 5) is 2.33. The third-order valence-electron chi connectivity index (χ3n) is 10.9. The van der Waals surface area contributed by atoms with Gasteiger partial charge in [-0.3, -0.25) is 0 Å². The molecule has 2 aromatic heterocycles. The van der Waals surface area contributed by atoms with E-state index in [2.05, 4.69) is 181 Å². The number of anilines is 3. The van der Waals surface area contributed by atoms with Gasteiger partial charge in [0.2, 0.25) is 0 Å². The first-order valence-corrected chi connectivity index (χ1v) is 18.7. The summed E-state index contributed by atoms with van der Waals surface area (Å²) in [5, 5.41) is 6.91. The molecule has 0 spiro atoms. The van der Waals surface area contributed by atoms with Crippen LogP contribution in [-0.2, 0) is 0 Å². The van der Waals surface area contributed by atoms with E-state index in [1.165, 1.54) is 27.5 Å². The van der Waals surface area contributed by atoms with E-state index in [4.69, 9.17) is 8.83 Å². The summed E-state index contributed by atoms with van der Waals surface area (Å²) >= 11 is 0. The molecule has 0 unspecified atom stereocenters. The molecule has 0 N–H and O–H groups in total. The molecule has 3 heteroatoms. The molecule has 55 heavy (non-hydrogen) atoms. The van der Waals surface area contributed by atoms with Crippen molar-refractivity contribution in [2.24, 2.45) is 0 Å². The van der Waals surface area contributed by atoms with E-state index < -0.39 is 0 Å². The minimum absolute atomic E-state index is 0.846. The Balaban J connectivity index is 1.05. The van der Waals surface area contributed by atoms with Crippen LogP contribution in [0.3, 0.4) is 0 Å². The quantitative estimate of drug-likeness (QED) is 0.173. The molecule has 11 rings (SSSR count).